The van der Waals surface area contributed by atoms with Crippen LogP contribution in [0.25, 0.3) is 0 Å². The summed E-state index contributed by atoms with van der Waals surface area (Å²) in [6.45, 7) is 0. The van der Waals surface area contributed by atoms with Crippen molar-refractivity contribution in [2.45, 2.75) is 25.0 Å². The van der Waals surface area contributed by atoms with Crippen molar-refractivity contribution >= 4 is 22.6 Å². The molecule has 0 radical (unpaired) electrons. The highest BCUT2D eigenvalue weighted by molar-refractivity contribution is 14.1. The number of aliphatic hydroxyl groups is 2. The van der Waals surface area contributed by atoms with E-state index >= 15 is 0 Å². The summed E-state index contributed by atoms with van der Waals surface area (Å²) in [5.41, 5.74) is 2.09. The van der Waals surface area contributed by atoms with Crippen LogP contribution in [0, 0.1) is 3.57 Å². The molecular formula is C10H11IO2. The number of fused-ring (bicyclic) bond motifs is 1. The molecule has 0 spiro atoms. The van der Waals surface area contributed by atoms with E-state index in [1.165, 1.54) is 5.56 Å². The third-order valence-electron chi connectivity index (χ3n) is 2.51. The number of aliphatic hydroxyl groups excluding tert-OH is 2. The Balaban J connectivity index is 2.51. The number of rotatable bonds is 0. The first kappa shape index (κ1) is 9.43. The SMILES string of the molecule is O[C@@H]1c2c(I)cccc2CC[C@@H]1O. The Bertz CT molecular complexity index is 325. The highest BCUT2D eigenvalue weighted by atomic mass is 127. The zero-order chi connectivity index (χ0) is 9.42. The van der Waals surface area contributed by atoms with Gasteiger partial charge in [0.2, 0.25) is 0 Å². The first-order chi connectivity index (χ1) is 6.20. The van der Waals surface area contributed by atoms with Gasteiger partial charge in [-0.1, -0.05) is 12.1 Å². The van der Waals surface area contributed by atoms with E-state index in [0.717, 1.165) is 15.6 Å². The van der Waals surface area contributed by atoms with Crippen LogP contribution in [0.1, 0.15) is 23.7 Å². The lowest BCUT2D eigenvalue weighted by Gasteiger charge is -2.27. The molecule has 0 saturated carbocycles. The molecule has 0 heterocycles. The van der Waals surface area contributed by atoms with Gasteiger partial charge in [-0.05, 0) is 52.6 Å². The smallest absolute Gasteiger partial charge is 0.106 e. The van der Waals surface area contributed by atoms with Crippen LogP contribution in [0.2, 0.25) is 0 Å². The topological polar surface area (TPSA) is 40.5 Å². The standard InChI is InChI=1S/C10H11IO2/c11-7-3-1-2-6-4-5-8(12)10(13)9(6)7/h1-3,8,10,12-13H,4-5H2/t8-,10-/m0/s1. The Morgan fingerprint density at radius 2 is 2.08 bits per heavy atom. The Labute approximate surface area is 90.7 Å². The van der Waals surface area contributed by atoms with Crippen molar-refractivity contribution in [3.63, 3.8) is 0 Å². The summed E-state index contributed by atoms with van der Waals surface area (Å²) < 4.78 is 1.04. The van der Waals surface area contributed by atoms with Crippen LogP contribution in [0.5, 0.6) is 0 Å². The van der Waals surface area contributed by atoms with Crippen LogP contribution in [-0.2, 0) is 6.42 Å². The second kappa shape index (κ2) is 3.55. The lowest BCUT2D eigenvalue weighted by molar-refractivity contribution is 0.00596. The minimum Gasteiger partial charge on any atom is -0.390 e. The van der Waals surface area contributed by atoms with Gasteiger partial charge in [0.25, 0.3) is 0 Å². The molecule has 0 aromatic heterocycles. The molecule has 1 aliphatic rings. The molecule has 70 valence electrons. The van der Waals surface area contributed by atoms with Gasteiger partial charge < -0.3 is 10.2 Å². The number of benzene rings is 1. The molecule has 1 aromatic rings. The van der Waals surface area contributed by atoms with Gasteiger partial charge in [0.1, 0.15) is 6.10 Å². The van der Waals surface area contributed by atoms with Crippen LogP contribution >= 0.6 is 22.6 Å². The molecule has 2 atom stereocenters. The molecule has 1 aliphatic carbocycles. The Morgan fingerprint density at radius 1 is 1.31 bits per heavy atom. The third-order valence-corrected chi connectivity index (χ3v) is 3.45. The van der Waals surface area contributed by atoms with Crippen molar-refractivity contribution in [2.75, 3.05) is 0 Å². The van der Waals surface area contributed by atoms with E-state index < -0.39 is 12.2 Å². The van der Waals surface area contributed by atoms with Crippen LogP contribution in [-0.4, -0.2) is 16.3 Å². The van der Waals surface area contributed by atoms with Gasteiger partial charge in [0.05, 0.1) is 6.10 Å². The number of hydrogen-bond donors (Lipinski definition) is 2. The molecule has 0 unspecified atom stereocenters. The third kappa shape index (κ3) is 1.60. The van der Waals surface area contributed by atoms with Gasteiger partial charge in [-0.25, -0.2) is 0 Å². The Morgan fingerprint density at radius 3 is 2.85 bits per heavy atom. The zero-order valence-electron chi connectivity index (χ0n) is 7.07. The molecular weight excluding hydrogens is 279 g/mol. The van der Waals surface area contributed by atoms with Crippen molar-refractivity contribution in [3.8, 4) is 0 Å². The molecule has 13 heavy (non-hydrogen) atoms. The molecule has 3 heteroatoms. The van der Waals surface area contributed by atoms with Gasteiger partial charge >= 0.3 is 0 Å². The summed E-state index contributed by atoms with van der Waals surface area (Å²) in [4.78, 5) is 0. The molecule has 0 saturated heterocycles. The van der Waals surface area contributed by atoms with Gasteiger partial charge in [-0.2, -0.15) is 0 Å². The molecule has 2 nitrogen and oxygen atoms in total. The van der Waals surface area contributed by atoms with E-state index in [2.05, 4.69) is 22.6 Å². The summed E-state index contributed by atoms with van der Waals surface area (Å²) in [7, 11) is 0. The van der Waals surface area contributed by atoms with E-state index in [1.807, 2.05) is 18.2 Å². The second-order valence-electron chi connectivity index (χ2n) is 3.36. The first-order valence-corrected chi connectivity index (χ1v) is 5.41. The quantitative estimate of drug-likeness (QED) is 0.713. The zero-order valence-corrected chi connectivity index (χ0v) is 9.23. The van der Waals surface area contributed by atoms with Crippen molar-refractivity contribution in [1.82, 2.24) is 0 Å². The molecule has 2 N–H and O–H groups in total. The fraction of sp³-hybridized carbons (Fsp3) is 0.400. The summed E-state index contributed by atoms with van der Waals surface area (Å²) in [6.07, 6.45) is 0.235. The van der Waals surface area contributed by atoms with E-state index in [0.29, 0.717) is 6.42 Å². The molecule has 1 aromatic carbocycles. The minimum absolute atomic E-state index is 0.594. The monoisotopic (exact) mass is 290 g/mol. The highest BCUT2D eigenvalue weighted by Crippen LogP contribution is 2.32. The van der Waals surface area contributed by atoms with E-state index in [-0.39, 0.29) is 0 Å². The average Bonchev–Trinajstić information content (AvgIpc) is 2.12. The average molecular weight is 290 g/mol. The molecule has 0 amide bonds. The predicted molar refractivity (Wildman–Crippen MR) is 58.4 cm³/mol. The van der Waals surface area contributed by atoms with Crippen LogP contribution in [0.15, 0.2) is 18.2 Å². The lowest BCUT2D eigenvalue weighted by atomic mass is 9.88. The van der Waals surface area contributed by atoms with Crippen LogP contribution < -0.4 is 0 Å². The molecule has 2 rings (SSSR count). The Kier molecular flexibility index (Phi) is 2.58. The minimum atomic E-state index is -0.697. The second-order valence-corrected chi connectivity index (χ2v) is 4.53. The number of aryl methyl sites for hydroxylation is 1. The van der Waals surface area contributed by atoms with Crippen molar-refractivity contribution in [3.05, 3.63) is 32.9 Å². The molecule has 0 fully saturated rings. The lowest BCUT2D eigenvalue weighted by Crippen LogP contribution is -2.25. The molecule has 0 aliphatic heterocycles. The maximum atomic E-state index is 9.76. The number of hydrogen-bond acceptors (Lipinski definition) is 2. The summed E-state index contributed by atoms with van der Waals surface area (Å²) >= 11 is 2.20. The maximum absolute atomic E-state index is 9.76. The van der Waals surface area contributed by atoms with E-state index in [1.54, 1.807) is 0 Å². The summed E-state index contributed by atoms with van der Waals surface area (Å²) in [6, 6.07) is 5.97. The number of halogens is 1. The van der Waals surface area contributed by atoms with Crippen molar-refractivity contribution < 1.29 is 10.2 Å². The summed E-state index contributed by atoms with van der Waals surface area (Å²) in [5.74, 6) is 0. The molecule has 0 bridgehead atoms. The highest BCUT2D eigenvalue weighted by Gasteiger charge is 2.27. The predicted octanol–water partition coefficient (Wildman–Crippen LogP) is 1.63. The first-order valence-electron chi connectivity index (χ1n) is 4.33. The Hall–Kier alpha value is -0.130. The van der Waals surface area contributed by atoms with Gasteiger partial charge in [-0.15, -0.1) is 0 Å². The van der Waals surface area contributed by atoms with Gasteiger partial charge in [0.15, 0.2) is 0 Å². The van der Waals surface area contributed by atoms with E-state index in [4.69, 9.17) is 0 Å². The summed E-state index contributed by atoms with van der Waals surface area (Å²) in [5, 5.41) is 19.3. The fourth-order valence-electron chi connectivity index (χ4n) is 1.78. The van der Waals surface area contributed by atoms with E-state index in [9.17, 15) is 10.2 Å². The maximum Gasteiger partial charge on any atom is 0.106 e. The fourth-order valence-corrected chi connectivity index (χ4v) is 2.66. The van der Waals surface area contributed by atoms with Crippen LogP contribution in [0.4, 0.5) is 0 Å². The van der Waals surface area contributed by atoms with Gasteiger partial charge in [-0.3, -0.25) is 0 Å². The largest absolute Gasteiger partial charge is 0.390 e. The normalized spacial score (nSPS) is 27.0. The van der Waals surface area contributed by atoms with Crippen molar-refractivity contribution in [2.24, 2.45) is 0 Å². The van der Waals surface area contributed by atoms with Crippen molar-refractivity contribution in [1.29, 1.82) is 0 Å². The van der Waals surface area contributed by atoms with Crippen LogP contribution in [0.3, 0.4) is 0 Å². The van der Waals surface area contributed by atoms with Gasteiger partial charge in [0, 0.05) is 3.57 Å².